The molecule has 0 atom stereocenters. The van der Waals surface area contributed by atoms with E-state index in [-0.39, 0.29) is 5.78 Å². The van der Waals surface area contributed by atoms with Crippen LogP contribution in [0.15, 0.2) is 18.5 Å². The third-order valence-electron chi connectivity index (χ3n) is 2.54. The first-order valence-corrected chi connectivity index (χ1v) is 5.18. The van der Waals surface area contributed by atoms with Gasteiger partial charge in [-0.1, -0.05) is 6.92 Å². The van der Waals surface area contributed by atoms with Crippen LogP contribution in [0.1, 0.15) is 28.7 Å². The minimum absolute atomic E-state index is 0.0232. The number of aromatic nitrogens is 4. The molecule has 2 rings (SSSR count). The summed E-state index contributed by atoms with van der Waals surface area (Å²) in [5, 5.41) is 8.25. The van der Waals surface area contributed by atoms with E-state index in [1.165, 1.54) is 0 Å². The molecule has 0 unspecified atom stereocenters. The first-order valence-electron chi connectivity index (χ1n) is 5.18. The van der Waals surface area contributed by atoms with Crippen molar-refractivity contribution in [2.24, 2.45) is 14.1 Å². The average Bonchev–Trinajstić information content (AvgIpc) is 2.83. The van der Waals surface area contributed by atoms with Gasteiger partial charge in [0.15, 0.2) is 0 Å². The molecule has 0 radical (unpaired) electrons. The van der Waals surface area contributed by atoms with E-state index in [0.29, 0.717) is 11.3 Å². The summed E-state index contributed by atoms with van der Waals surface area (Å²) in [5.41, 5.74) is 2.07. The molecule has 0 bridgehead atoms. The van der Waals surface area contributed by atoms with Gasteiger partial charge in [-0.3, -0.25) is 14.2 Å². The standard InChI is InChI=1S/C11H14N4O/c1-4-9-8(7-14(2)13-9)11(16)10-5-6-12-15(10)3/h5-7H,4H2,1-3H3. The maximum absolute atomic E-state index is 12.2. The highest BCUT2D eigenvalue weighted by molar-refractivity contribution is 6.08. The second-order valence-electron chi connectivity index (χ2n) is 3.69. The fourth-order valence-corrected chi connectivity index (χ4v) is 1.72. The van der Waals surface area contributed by atoms with E-state index < -0.39 is 0 Å². The minimum Gasteiger partial charge on any atom is -0.287 e. The molecule has 5 heteroatoms. The Morgan fingerprint density at radius 1 is 1.44 bits per heavy atom. The number of rotatable bonds is 3. The van der Waals surface area contributed by atoms with Crippen LogP contribution in [0.2, 0.25) is 0 Å². The minimum atomic E-state index is -0.0232. The zero-order valence-electron chi connectivity index (χ0n) is 9.64. The summed E-state index contributed by atoms with van der Waals surface area (Å²) >= 11 is 0. The van der Waals surface area contributed by atoms with Crippen LogP contribution in [-0.2, 0) is 20.5 Å². The van der Waals surface area contributed by atoms with E-state index in [1.54, 1.807) is 34.9 Å². The lowest BCUT2D eigenvalue weighted by atomic mass is 10.1. The molecule has 0 aliphatic heterocycles. The van der Waals surface area contributed by atoms with Gasteiger partial charge < -0.3 is 0 Å². The number of hydrogen-bond donors (Lipinski definition) is 0. The third kappa shape index (κ3) is 1.64. The maximum atomic E-state index is 12.2. The summed E-state index contributed by atoms with van der Waals surface area (Å²) in [5.74, 6) is -0.0232. The second kappa shape index (κ2) is 3.92. The van der Waals surface area contributed by atoms with E-state index in [1.807, 2.05) is 14.0 Å². The molecular formula is C11H14N4O. The van der Waals surface area contributed by atoms with Crippen LogP contribution in [0.5, 0.6) is 0 Å². The lowest BCUT2D eigenvalue weighted by Crippen LogP contribution is -2.09. The van der Waals surface area contributed by atoms with Gasteiger partial charge in [0.2, 0.25) is 5.78 Å². The van der Waals surface area contributed by atoms with Gasteiger partial charge in [0.25, 0.3) is 0 Å². The number of carbonyl (C=O) groups excluding carboxylic acids is 1. The second-order valence-corrected chi connectivity index (χ2v) is 3.69. The van der Waals surface area contributed by atoms with Gasteiger partial charge in [-0.25, -0.2) is 0 Å². The number of carbonyl (C=O) groups is 1. The van der Waals surface area contributed by atoms with Crippen molar-refractivity contribution in [1.82, 2.24) is 19.6 Å². The maximum Gasteiger partial charge on any atom is 0.214 e. The van der Waals surface area contributed by atoms with Gasteiger partial charge >= 0.3 is 0 Å². The van der Waals surface area contributed by atoms with E-state index in [9.17, 15) is 4.79 Å². The Bertz CT molecular complexity index is 524. The number of ketones is 1. The van der Waals surface area contributed by atoms with Crippen molar-refractivity contribution >= 4 is 5.78 Å². The van der Waals surface area contributed by atoms with Crippen molar-refractivity contribution in [3.8, 4) is 0 Å². The number of aryl methyl sites for hydroxylation is 3. The summed E-state index contributed by atoms with van der Waals surface area (Å²) in [6, 6.07) is 1.72. The van der Waals surface area contributed by atoms with Crippen LogP contribution in [0.3, 0.4) is 0 Å². The lowest BCUT2D eigenvalue weighted by Gasteiger charge is -2.00. The van der Waals surface area contributed by atoms with Crippen LogP contribution in [0.25, 0.3) is 0 Å². The van der Waals surface area contributed by atoms with Crippen molar-refractivity contribution in [3.63, 3.8) is 0 Å². The lowest BCUT2D eigenvalue weighted by molar-refractivity contribution is 0.102. The van der Waals surface area contributed by atoms with Gasteiger partial charge in [0.1, 0.15) is 5.69 Å². The highest BCUT2D eigenvalue weighted by Crippen LogP contribution is 2.13. The Labute approximate surface area is 93.7 Å². The Hall–Kier alpha value is -1.91. The molecule has 2 aromatic heterocycles. The SMILES string of the molecule is CCc1nn(C)cc1C(=O)c1ccnn1C. The van der Waals surface area contributed by atoms with Crippen LogP contribution < -0.4 is 0 Å². The van der Waals surface area contributed by atoms with Gasteiger partial charge in [0, 0.05) is 26.5 Å². The molecule has 0 amide bonds. The molecule has 84 valence electrons. The molecule has 0 N–H and O–H groups in total. The first kappa shape index (κ1) is 10.6. The van der Waals surface area contributed by atoms with Crippen molar-refractivity contribution in [2.45, 2.75) is 13.3 Å². The predicted molar refractivity (Wildman–Crippen MR) is 59.2 cm³/mol. The molecule has 0 spiro atoms. The summed E-state index contributed by atoms with van der Waals surface area (Å²) in [6.07, 6.45) is 4.13. The molecule has 0 saturated carbocycles. The quantitative estimate of drug-likeness (QED) is 0.721. The highest BCUT2D eigenvalue weighted by Gasteiger charge is 2.18. The normalized spacial score (nSPS) is 10.7. The molecule has 5 nitrogen and oxygen atoms in total. The van der Waals surface area contributed by atoms with Crippen molar-refractivity contribution in [2.75, 3.05) is 0 Å². The third-order valence-corrected chi connectivity index (χ3v) is 2.54. The topological polar surface area (TPSA) is 52.7 Å². The van der Waals surface area contributed by atoms with Crippen molar-refractivity contribution < 1.29 is 4.79 Å². The summed E-state index contributed by atoms with van der Waals surface area (Å²) < 4.78 is 3.25. The van der Waals surface area contributed by atoms with E-state index >= 15 is 0 Å². The fraction of sp³-hybridized carbons (Fsp3) is 0.364. The van der Waals surface area contributed by atoms with Gasteiger partial charge in [-0.15, -0.1) is 0 Å². The smallest absolute Gasteiger partial charge is 0.214 e. The van der Waals surface area contributed by atoms with Crippen LogP contribution in [0.4, 0.5) is 0 Å². The fourth-order valence-electron chi connectivity index (χ4n) is 1.72. The van der Waals surface area contributed by atoms with Crippen LogP contribution in [-0.4, -0.2) is 25.3 Å². The summed E-state index contributed by atoms with van der Waals surface area (Å²) in [7, 11) is 3.58. The monoisotopic (exact) mass is 218 g/mol. The zero-order valence-corrected chi connectivity index (χ0v) is 9.64. The summed E-state index contributed by atoms with van der Waals surface area (Å²) in [6.45, 7) is 1.99. The van der Waals surface area contributed by atoms with Gasteiger partial charge in [-0.2, -0.15) is 10.2 Å². The molecule has 16 heavy (non-hydrogen) atoms. The largest absolute Gasteiger partial charge is 0.287 e. The summed E-state index contributed by atoms with van der Waals surface area (Å²) in [4.78, 5) is 12.2. The highest BCUT2D eigenvalue weighted by atomic mass is 16.1. The van der Waals surface area contributed by atoms with Gasteiger partial charge in [0.05, 0.1) is 11.3 Å². The van der Waals surface area contributed by atoms with E-state index in [4.69, 9.17) is 0 Å². The average molecular weight is 218 g/mol. The van der Waals surface area contributed by atoms with E-state index in [2.05, 4.69) is 10.2 Å². The Balaban J connectivity index is 2.45. The molecule has 2 aromatic rings. The zero-order chi connectivity index (χ0) is 11.7. The Morgan fingerprint density at radius 2 is 2.19 bits per heavy atom. The molecule has 0 fully saturated rings. The number of nitrogens with zero attached hydrogens (tertiary/aromatic N) is 4. The first-order chi connectivity index (χ1) is 7.63. The van der Waals surface area contributed by atoms with E-state index in [0.717, 1.165) is 12.1 Å². The molecule has 0 aliphatic rings. The molecular weight excluding hydrogens is 204 g/mol. The van der Waals surface area contributed by atoms with Crippen molar-refractivity contribution in [3.05, 3.63) is 35.4 Å². The van der Waals surface area contributed by atoms with Crippen LogP contribution >= 0.6 is 0 Å². The van der Waals surface area contributed by atoms with Gasteiger partial charge in [-0.05, 0) is 12.5 Å². The molecule has 0 aliphatic carbocycles. The van der Waals surface area contributed by atoms with Crippen LogP contribution in [0, 0.1) is 0 Å². The predicted octanol–water partition coefficient (Wildman–Crippen LogP) is 0.947. The molecule has 0 aromatic carbocycles. The van der Waals surface area contributed by atoms with Crippen molar-refractivity contribution in [1.29, 1.82) is 0 Å². The molecule has 2 heterocycles. The Morgan fingerprint density at radius 3 is 2.75 bits per heavy atom. The molecule has 0 saturated heterocycles. The number of hydrogen-bond acceptors (Lipinski definition) is 3. The Kier molecular flexibility index (Phi) is 2.60.